The van der Waals surface area contributed by atoms with Gasteiger partial charge in [-0.3, -0.25) is 9.59 Å². The summed E-state index contributed by atoms with van der Waals surface area (Å²) in [4.78, 5) is 25.2. The van der Waals surface area contributed by atoms with Gasteiger partial charge >= 0.3 is 5.97 Å². The molecule has 1 atom stereocenters. The van der Waals surface area contributed by atoms with Crippen LogP contribution in [0.1, 0.15) is 29.6 Å². The minimum absolute atomic E-state index is 0.00340. The third-order valence-electron chi connectivity index (χ3n) is 4.33. The van der Waals surface area contributed by atoms with E-state index in [0.717, 1.165) is 0 Å². The highest BCUT2D eigenvalue weighted by molar-refractivity contribution is 6.37. The maximum atomic E-state index is 12.5. The minimum Gasteiger partial charge on any atom is -0.482 e. The van der Waals surface area contributed by atoms with Crippen LogP contribution in [0, 0.1) is 5.41 Å². The fraction of sp³-hybridized carbons (Fsp3) is 0.353. The second-order valence-electron chi connectivity index (χ2n) is 6.36. The number of aliphatic carboxylic acids is 1. The average molecular weight is 399 g/mol. The second kappa shape index (κ2) is 7.17. The Bertz CT molecular complexity index is 833. The van der Waals surface area contributed by atoms with Gasteiger partial charge in [0.1, 0.15) is 6.61 Å². The molecule has 0 spiro atoms. The summed E-state index contributed by atoms with van der Waals surface area (Å²) in [7, 11) is 0. The number of ether oxygens (including phenoxy) is 1. The van der Waals surface area contributed by atoms with Crippen molar-refractivity contribution < 1.29 is 24.0 Å². The van der Waals surface area contributed by atoms with E-state index in [4.69, 9.17) is 32.5 Å². The Labute approximate surface area is 159 Å². The number of amides is 1. The summed E-state index contributed by atoms with van der Waals surface area (Å²) in [5, 5.41) is 13.7. The highest BCUT2D eigenvalue weighted by Gasteiger charge is 2.42. The largest absolute Gasteiger partial charge is 0.482 e. The SMILES string of the molecule is CC1(C(=O)O)CCN(C(=O)c2cc(COc3c(Cl)cccc3Cl)on2)C1. The molecule has 2 aromatic rings. The standard InChI is InChI=1S/C17H16Cl2N2O5/c1-17(16(23)24)5-6-21(9-17)15(22)13-7-10(26-20-13)8-25-14-11(18)3-2-4-12(14)19/h2-4,7H,5-6,8-9H2,1H3,(H,23,24). The molecule has 0 aliphatic carbocycles. The number of likely N-dealkylation sites (tertiary alicyclic amines) is 1. The summed E-state index contributed by atoms with van der Waals surface area (Å²) >= 11 is 12.1. The lowest BCUT2D eigenvalue weighted by Gasteiger charge is -2.19. The molecular weight excluding hydrogens is 383 g/mol. The predicted molar refractivity (Wildman–Crippen MR) is 93.6 cm³/mol. The zero-order chi connectivity index (χ0) is 18.9. The molecule has 1 aromatic carbocycles. The van der Waals surface area contributed by atoms with E-state index in [0.29, 0.717) is 34.5 Å². The van der Waals surface area contributed by atoms with Crippen molar-refractivity contribution in [1.29, 1.82) is 0 Å². The topological polar surface area (TPSA) is 92.9 Å². The average Bonchev–Trinajstić information content (AvgIpc) is 3.22. The van der Waals surface area contributed by atoms with Crippen molar-refractivity contribution in [2.24, 2.45) is 5.41 Å². The van der Waals surface area contributed by atoms with E-state index >= 15 is 0 Å². The molecular formula is C17H16Cl2N2O5. The normalized spacial score (nSPS) is 19.6. The van der Waals surface area contributed by atoms with E-state index in [1.54, 1.807) is 25.1 Å². The van der Waals surface area contributed by atoms with Crippen LogP contribution in [-0.4, -0.2) is 40.1 Å². The predicted octanol–water partition coefficient (Wildman–Crippen LogP) is 3.50. The summed E-state index contributed by atoms with van der Waals surface area (Å²) in [6, 6.07) is 6.45. The summed E-state index contributed by atoms with van der Waals surface area (Å²) in [5.74, 6) is -0.652. The van der Waals surface area contributed by atoms with E-state index < -0.39 is 11.4 Å². The number of aromatic nitrogens is 1. The molecule has 1 N–H and O–H groups in total. The van der Waals surface area contributed by atoms with Crippen LogP contribution in [-0.2, 0) is 11.4 Å². The molecule has 2 heterocycles. The van der Waals surface area contributed by atoms with E-state index in [1.165, 1.54) is 11.0 Å². The maximum absolute atomic E-state index is 12.5. The Morgan fingerprint density at radius 3 is 2.69 bits per heavy atom. The molecule has 0 saturated carbocycles. The first-order valence-electron chi connectivity index (χ1n) is 7.85. The van der Waals surface area contributed by atoms with Gasteiger partial charge in [0.15, 0.2) is 17.2 Å². The van der Waals surface area contributed by atoms with Crippen LogP contribution in [0.15, 0.2) is 28.8 Å². The van der Waals surface area contributed by atoms with Crippen LogP contribution in [0.25, 0.3) is 0 Å². The van der Waals surface area contributed by atoms with Gasteiger partial charge in [0, 0.05) is 19.2 Å². The molecule has 1 aromatic heterocycles. The highest BCUT2D eigenvalue weighted by Crippen LogP contribution is 2.33. The quantitative estimate of drug-likeness (QED) is 0.828. The third kappa shape index (κ3) is 3.64. The molecule has 0 bridgehead atoms. The number of benzene rings is 1. The smallest absolute Gasteiger partial charge is 0.311 e. The Kier molecular flexibility index (Phi) is 5.11. The molecule has 138 valence electrons. The van der Waals surface area contributed by atoms with Crippen LogP contribution >= 0.6 is 23.2 Å². The van der Waals surface area contributed by atoms with Gasteiger partial charge in [0.25, 0.3) is 5.91 Å². The summed E-state index contributed by atoms with van der Waals surface area (Å²) in [5.41, 5.74) is -0.838. The van der Waals surface area contributed by atoms with Crippen molar-refractivity contribution in [3.8, 4) is 5.75 Å². The number of carboxylic acids is 1. The minimum atomic E-state index is -0.938. The Balaban J connectivity index is 1.65. The lowest BCUT2D eigenvalue weighted by Crippen LogP contribution is -2.35. The van der Waals surface area contributed by atoms with Crippen LogP contribution in [0.4, 0.5) is 0 Å². The number of carboxylic acid groups (broad SMARTS) is 1. The van der Waals surface area contributed by atoms with Gasteiger partial charge in [-0.1, -0.05) is 34.4 Å². The molecule has 26 heavy (non-hydrogen) atoms. The van der Waals surface area contributed by atoms with Crippen LogP contribution in [0.5, 0.6) is 5.75 Å². The summed E-state index contributed by atoms with van der Waals surface area (Å²) in [6.07, 6.45) is 0.396. The number of hydrogen-bond acceptors (Lipinski definition) is 5. The molecule has 1 aliphatic heterocycles. The molecule has 1 aliphatic rings. The molecule has 9 heteroatoms. The lowest BCUT2D eigenvalue weighted by molar-refractivity contribution is -0.147. The molecule has 0 radical (unpaired) electrons. The molecule has 3 rings (SSSR count). The highest BCUT2D eigenvalue weighted by atomic mass is 35.5. The fourth-order valence-electron chi connectivity index (χ4n) is 2.72. The lowest BCUT2D eigenvalue weighted by atomic mass is 9.90. The van der Waals surface area contributed by atoms with Crippen molar-refractivity contribution >= 4 is 35.1 Å². The number of para-hydroxylation sites is 1. The van der Waals surface area contributed by atoms with Gasteiger partial charge in [-0.15, -0.1) is 0 Å². The number of halogens is 2. The number of rotatable bonds is 5. The van der Waals surface area contributed by atoms with Gasteiger partial charge in [-0.25, -0.2) is 0 Å². The van der Waals surface area contributed by atoms with Gasteiger partial charge in [0.05, 0.1) is 15.5 Å². The van der Waals surface area contributed by atoms with Gasteiger partial charge in [0.2, 0.25) is 0 Å². The zero-order valence-corrected chi connectivity index (χ0v) is 15.4. The monoisotopic (exact) mass is 398 g/mol. The van der Waals surface area contributed by atoms with E-state index in [-0.39, 0.29) is 24.8 Å². The number of carbonyl (C=O) groups excluding carboxylic acids is 1. The first-order valence-corrected chi connectivity index (χ1v) is 8.61. The van der Waals surface area contributed by atoms with Crippen molar-refractivity contribution in [2.45, 2.75) is 20.0 Å². The third-order valence-corrected chi connectivity index (χ3v) is 4.93. The number of hydrogen-bond donors (Lipinski definition) is 1. The maximum Gasteiger partial charge on any atom is 0.311 e. The number of nitrogens with zero attached hydrogens (tertiary/aromatic N) is 2. The number of carbonyl (C=O) groups is 2. The zero-order valence-electron chi connectivity index (χ0n) is 13.9. The van der Waals surface area contributed by atoms with Gasteiger partial charge in [-0.05, 0) is 25.5 Å². The molecule has 1 unspecified atom stereocenters. The first kappa shape index (κ1) is 18.5. The molecule has 1 fully saturated rings. The van der Waals surface area contributed by atoms with E-state index in [2.05, 4.69) is 5.16 Å². The Morgan fingerprint density at radius 1 is 1.38 bits per heavy atom. The van der Waals surface area contributed by atoms with Gasteiger partial charge < -0.3 is 19.3 Å². The molecule has 1 amide bonds. The Morgan fingerprint density at radius 2 is 2.08 bits per heavy atom. The first-order chi connectivity index (χ1) is 12.3. The van der Waals surface area contributed by atoms with Gasteiger partial charge in [-0.2, -0.15) is 0 Å². The van der Waals surface area contributed by atoms with Crippen LogP contribution in [0.3, 0.4) is 0 Å². The van der Waals surface area contributed by atoms with Crippen molar-refractivity contribution in [2.75, 3.05) is 13.1 Å². The Hall–Kier alpha value is -2.25. The van der Waals surface area contributed by atoms with Crippen molar-refractivity contribution in [3.63, 3.8) is 0 Å². The van der Waals surface area contributed by atoms with Crippen LogP contribution in [0.2, 0.25) is 10.0 Å². The second-order valence-corrected chi connectivity index (χ2v) is 7.17. The summed E-state index contributed by atoms with van der Waals surface area (Å²) in [6.45, 7) is 2.11. The van der Waals surface area contributed by atoms with E-state index in [1.807, 2.05) is 0 Å². The van der Waals surface area contributed by atoms with Crippen molar-refractivity contribution in [3.05, 3.63) is 45.8 Å². The molecule has 7 nitrogen and oxygen atoms in total. The fourth-order valence-corrected chi connectivity index (χ4v) is 3.22. The van der Waals surface area contributed by atoms with Crippen molar-refractivity contribution in [1.82, 2.24) is 10.1 Å². The van der Waals surface area contributed by atoms with Crippen LogP contribution < -0.4 is 4.74 Å². The molecule has 1 saturated heterocycles. The summed E-state index contributed by atoms with van der Waals surface area (Å²) < 4.78 is 10.7. The van der Waals surface area contributed by atoms with E-state index in [9.17, 15) is 14.7 Å².